The van der Waals surface area contributed by atoms with Crippen molar-refractivity contribution < 1.29 is 14.0 Å². The van der Waals surface area contributed by atoms with Gasteiger partial charge in [-0.15, -0.1) is 5.16 Å². The van der Waals surface area contributed by atoms with Crippen molar-refractivity contribution in [2.75, 3.05) is 6.61 Å². The number of nitrogens with zero attached hydrogens (tertiary/aromatic N) is 2. The summed E-state index contributed by atoms with van der Waals surface area (Å²) >= 11 is 0. The number of oxime groups is 1. The second kappa shape index (κ2) is 10.4. The molecule has 36 heavy (non-hydrogen) atoms. The summed E-state index contributed by atoms with van der Waals surface area (Å²) in [5, 5.41) is 5.60. The first-order valence-electron chi connectivity index (χ1n) is 12.0. The summed E-state index contributed by atoms with van der Waals surface area (Å²) < 4.78 is 15.0. The Morgan fingerprint density at radius 1 is 1.08 bits per heavy atom. The van der Waals surface area contributed by atoms with Crippen molar-refractivity contribution >= 4 is 25.4 Å². The number of hydrogen-bond acceptors (Lipinski definition) is 6. The maximum absolute atomic E-state index is 12.6. The molecule has 0 spiro atoms. The molecule has 1 aromatic heterocycles. The van der Waals surface area contributed by atoms with Crippen molar-refractivity contribution in [1.82, 2.24) is 9.55 Å². The summed E-state index contributed by atoms with van der Waals surface area (Å²) in [6.07, 6.45) is 0.403. The third-order valence-electron chi connectivity index (χ3n) is 6.71. The molecule has 1 aliphatic heterocycles. The van der Waals surface area contributed by atoms with Crippen LogP contribution in [0, 0.1) is 6.92 Å². The molecule has 0 bridgehead atoms. The molecule has 0 amide bonds. The molecule has 1 aliphatic rings. The highest BCUT2D eigenvalue weighted by atomic mass is 28.4. The Labute approximate surface area is 211 Å². The standard InChI is InChI=1S/C27H33N3O5Si/c1-19-17-30(26(32)29-25(19)31)24-16-22(23(34-24)18-33-28-5)35-36(27(2,3)4,20-12-8-6-9-13-20)21-14-10-7-11-15-21/h6-15,17,22-24H,5,16,18H2,1-4H3,(H,29,31,32)/t22?,23-,24-/m1/s1. The van der Waals surface area contributed by atoms with E-state index >= 15 is 0 Å². The SMILES string of the molecule is C=NOC[C@H]1O[C@@H](n2cc(C)c(=O)[nH]c2=O)CC1O[Si](c1ccccc1)(c1ccccc1)C(C)(C)C. The summed E-state index contributed by atoms with van der Waals surface area (Å²) in [6, 6.07) is 20.7. The van der Waals surface area contributed by atoms with Crippen molar-refractivity contribution in [2.24, 2.45) is 5.16 Å². The maximum atomic E-state index is 12.6. The average Bonchev–Trinajstić information content (AvgIpc) is 3.25. The van der Waals surface area contributed by atoms with E-state index in [0.29, 0.717) is 12.0 Å². The Bertz CT molecular complexity index is 1260. The number of aryl methyl sites for hydroxylation is 1. The third-order valence-corrected chi connectivity index (χ3v) is 11.8. The monoisotopic (exact) mass is 507 g/mol. The van der Waals surface area contributed by atoms with Gasteiger partial charge in [-0.3, -0.25) is 14.3 Å². The highest BCUT2D eigenvalue weighted by Crippen LogP contribution is 2.41. The second-order valence-electron chi connectivity index (χ2n) is 10.1. The first-order valence-corrected chi connectivity index (χ1v) is 13.9. The quantitative estimate of drug-likeness (QED) is 0.287. The molecule has 2 heterocycles. The number of H-pyrrole nitrogens is 1. The number of aromatic nitrogens is 2. The van der Waals surface area contributed by atoms with Gasteiger partial charge in [-0.05, 0) is 22.3 Å². The fraction of sp³-hybridized carbons (Fsp3) is 0.370. The van der Waals surface area contributed by atoms with Crippen LogP contribution in [-0.4, -0.2) is 43.4 Å². The smallest absolute Gasteiger partial charge is 0.330 e. The predicted molar refractivity (Wildman–Crippen MR) is 143 cm³/mol. The molecule has 1 fully saturated rings. The lowest BCUT2D eigenvalue weighted by molar-refractivity contribution is -0.0601. The number of benzene rings is 2. The Kier molecular flexibility index (Phi) is 7.44. The van der Waals surface area contributed by atoms with Gasteiger partial charge >= 0.3 is 5.69 Å². The maximum Gasteiger partial charge on any atom is 0.330 e. The van der Waals surface area contributed by atoms with Crippen molar-refractivity contribution in [3.63, 3.8) is 0 Å². The summed E-state index contributed by atoms with van der Waals surface area (Å²) in [6.45, 7) is 11.8. The minimum absolute atomic E-state index is 0.125. The van der Waals surface area contributed by atoms with Gasteiger partial charge in [-0.25, -0.2) is 4.79 Å². The number of nitrogens with one attached hydrogen (secondary N) is 1. The molecule has 1 unspecified atom stereocenters. The Balaban J connectivity index is 1.81. The summed E-state index contributed by atoms with van der Waals surface area (Å²) in [7, 11) is -2.89. The van der Waals surface area contributed by atoms with Gasteiger partial charge in [0.2, 0.25) is 0 Å². The fourth-order valence-corrected chi connectivity index (χ4v) is 9.71. The van der Waals surface area contributed by atoms with E-state index in [1.54, 1.807) is 6.92 Å². The van der Waals surface area contributed by atoms with Crippen LogP contribution in [0.1, 0.15) is 39.0 Å². The summed E-state index contributed by atoms with van der Waals surface area (Å²) in [4.78, 5) is 32.2. The molecule has 4 rings (SSSR count). The fourth-order valence-electron chi connectivity index (χ4n) is 4.99. The van der Waals surface area contributed by atoms with Crippen LogP contribution >= 0.6 is 0 Å². The van der Waals surface area contributed by atoms with Gasteiger partial charge in [0.1, 0.15) is 18.9 Å². The lowest BCUT2D eigenvalue weighted by atomic mass is 10.2. The summed E-state index contributed by atoms with van der Waals surface area (Å²) in [5.41, 5.74) is -0.511. The van der Waals surface area contributed by atoms with Crippen LogP contribution in [0.4, 0.5) is 0 Å². The van der Waals surface area contributed by atoms with Gasteiger partial charge in [-0.1, -0.05) is 81.4 Å². The van der Waals surface area contributed by atoms with Gasteiger partial charge < -0.3 is 14.0 Å². The molecule has 3 aromatic rings. The van der Waals surface area contributed by atoms with Gasteiger partial charge in [-0.2, -0.15) is 0 Å². The van der Waals surface area contributed by atoms with Gasteiger partial charge in [0.15, 0.2) is 0 Å². The number of aromatic amines is 1. The molecule has 2 aromatic carbocycles. The first-order chi connectivity index (χ1) is 17.2. The van der Waals surface area contributed by atoms with E-state index in [9.17, 15) is 9.59 Å². The topological polar surface area (TPSA) is 94.9 Å². The lowest BCUT2D eigenvalue weighted by Crippen LogP contribution is -2.68. The number of hydrogen-bond donors (Lipinski definition) is 1. The number of rotatable bonds is 8. The lowest BCUT2D eigenvalue weighted by Gasteiger charge is -2.45. The van der Waals surface area contributed by atoms with Crippen molar-refractivity contribution in [2.45, 2.75) is 57.6 Å². The van der Waals surface area contributed by atoms with E-state index in [2.05, 4.69) is 61.9 Å². The zero-order valence-electron chi connectivity index (χ0n) is 21.1. The molecule has 0 aliphatic carbocycles. The molecule has 0 saturated carbocycles. The van der Waals surface area contributed by atoms with Crippen molar-refractivity contribution in [1.29, 1.82) is 0 Å². The van der Waals surface area contributed by atoms with Crippen LogP contribution in [0.5, 0.6) is 0 Å². The zero-order chi connectivity index (χ0) is 25.9. The molecule has 1 N–H and O–H groups in total. The molecule has 8 nitrogen and oxygen atoms in total. The van der Waals surface area contributed by atoms with Crippen LogP contribution in [0.15, 0.2) is 81.6 Å². The van der Waals surface area contributed by atoms with Crippen LogP contribution in [0.2, 0.25) is 5.04 Å². The van der Waals surface area contributed by atoms with E-state index in [1.807, 2.05) is 36.4 Å². The molecular weight excluding hydrogens is 474 g/mol. The first kappa shape index (κ1) is 25.8. The highest BCUT2D eigenvalue weighted by molar-refractivity contribution is 6.99. The van der Waals surface area contributed by atoms with Crippen LogP contribution in [0.25, 0.3) is 0 Å². The van der Waals surface area contributed by atoms with E-state index in [1.165, 1.54) is 10.8 Å². The molecule has 9 heteroatoms. The highest BCUT2D eigenvalue weighted by Gasteiger charge is 2.54. The van der Waals surface area contributed by atoms with Gasteiger partial charge in [0.25, 0.3) is 13.9 Å². The van der Waals surface area contributed by atoms with E-state index in [-0.39, 0.29) is 11.6 Å². The Morgan fingerprint density at radius 3 is 2.19 bits per heavy atom. The minimum Gasteiger partial charge on any atom is -0.402 e. The van der Waals surface area contributed by atoms with Crippen molar-refractivity contribution in [3.05, 3.63) is 93.3 Å². The molecule has 190 valence electrons. The van der Waals surface area contributed by atoms with Gasteiger partial charge in [0, 0.05) is 24.9 Å². The summed E-state index contributed by atoms with van der Waals surface area (Å²) in [5.74, 6) is 0. The predicted octanol–water partition coefficient (Wildman–Crippen LogP) is 2.71. The molecular formula is C27H33N3O5Si. The molecule has 3 atom stereocenters. The van der Waals surface area contributed by atoms with Crippen LogP contribution < -0.4 is 21.6 Å². The average molecular weight is 508 g/mol. The Hall–Kier alpha value is -3.27. The van der Waals surface area contributed by atoms with E-state index in [4.69, 9.17) is 14.0 Å². The largest absolute Gasteiger partial charge is 0.402 e. The third kappa shape index (κ3) is 4.86. The number of ether oxygens (including phenoxy) is 1. The second-order valence-corrected chi connectivity index (χ2v) is 14.3. The molecule has 1 saturated heterocycles. The Morgan fingerprint density at radius 2 is 1.67 bits per heavy atom. The zero-order valence-corrected chi connectivity index (χ0v) is 22.1. The van der Waals surface area contributed by atoms with Crippen LogP contribution in [0.3, 0.4) is 0 Å². The van der Waals surface area contributed by atoms with Crippen molar-refractivity contribution in [3.8, 4) is 0 Å². The molecule has 0 radical (unpaired) electrons. The van der Waals surface area contributed by atoms with Gasteiger partial charge in [0.05, 0.1) is 6.10 Å². The van der Waals surface area contributed by atoms with E-state index in [0.717, 1.165) is 10.4 Å². The minimum atomic E-state index is -2.89. The normalized spacial score (nSPS) is 20.3. The van der Waals surface area contributed by atoms with Crippen LogP contribution in [-0.2, 0) is 14.0 Å². The van der Waals surface area contributed by atoms with E-state index < -0.39 is 38.0 Å².